The fourth-order valence-electron chi connectivity index (χ4n) is 3.37. The van der Waals surface area contributed by atoms with E-state index in [-0.39, 0.29) is 0 Å². The van der Waals surface area contributed by atoms with Gasteiger partial charge < -0.3 is 9.14 Å². The van der Waals surface area contributed by atoms with Crippen LogP contribution in [0.3, 0.4) is 0 Å². The van der Waals surface area contributed by atoms with Crippen molar-refractivity contribution in [2.75, 3.05) is 6.61 Å². The number of imidazole rings is 1. The molecule has 0 N–H and O–H groups in total. The number of halogens is 1. The molecule has 4 aromatic heterocycles. The third-order valence-corrected chi connectivity index (χ3v) is 5.98. The Hall–Kier alpha value is -3.36. The van der Waals surface area contributed by atoms with Crippen molar-refractivity contribution in [2.24, 2.45) is 0 Å². The molecule has 0 aliphatic carbocycles. The highest BCUT2D eigenvalue weighted by atomic mass is 35.5. The Bertz CT molecular complexity index is 1350. The molecule has 0 aliphatic heterocycles. The van der Waals surface area contributed by atoms with E-state index in [9.17, 15) is 0 Å². The summed E-state index contributed by atoms with van der Waals surface area (Å²) < 4.78 is 9.56. The van der Waals surface area contributed by atoms with E-state index in [2.05, 4.69) is 20.2 Å². The molecule has 0 aliphatic rings. The van der Waals surface area contributed by atoms with E-state index in [4.69, 9.17) is 16.3 Å². The number of hydrogen-bond donors (Lipinski definition) is 0. The van der Waals surface area contributed by atoms with Crippen LogP contribution in [0.25, 0.3) is 22.7 Å². The molecular formula is C23H19ClN6OS. The molecule has 0 saturated carbocycles. The van der Waals surface area contributed by atoms with Crippen LogP contribution in [0.5, 0.6) is 5.75 Å². The predicted octanol–water partition coefficient (Wildman–Crippen LogP) is 5.32. The highest BCUT2D eigenvalue weighted by Crippen LogP contribution is 2.30. The van der Waals surface area contributed by atoms with Crippen LogP contribution in [0.4, 0.5) is 0 Å². The zero-order valence-corrected chi connectivity index (χ0v) is 18.8. The second-order valence-electron chi connectivity index (χ2n) is 6.94. The molecule has 0 atom stereocenters. The van der Waals surface area contributed by atoms with E-state index >= 15 is 0 Å². The van der Waals surface area contributed by atoms with Crippen LogP contribution in [0.2, 0.25) is 5.02 Å². The van der Waals surface area contributed by atoms with Gasteiger partial charge in [0.2, 0.25) is 0 Å². The van der Waals surface area contributed by atoms with Gasteiger partial charge in [-0.2, -0.15) is 0 Å². The Morgan fingerprint density at radius 1 is 0.969 bits per heavy atom. The summed E-state index contributed by atoms with van der Waals surface area (Å²) in [6, 6.07) is 15.5. The fourth-order valence-corrected chi connectivity index (χ4v) is 4.37. The van der Waals surface area contributed by atoms with Gasteiger partial charge in [-0.05, 0) is 55.5 Å². The van der Waals surface area contributed by atoms with E-state index in [1.54, 1.807) is 24.2 Å². The van der Waals surface area contributed by atoms with Gasteiger partial charge in [0, 0.05) is 41.8 Å². The second kappa shape index (κ2) is 9.02. The number of thioether (sulfide) groups is 1. The van der Waals surface area contributed by atoms with Crippen LogP contribution >= 0.6 is 23.4 Å². The van der Waals surface area contributed by atoms with Gasteiger partial charge in [-0.1, -0.05) is 23.4 Å². The van der Waals surface area contributed by atoms with Crippen molar-refractivity contribution in [1.82, 2.24) is 29.1 Å². The van der Waals surface area contributed by atoms with Crippen LogP contribution < -0.4 is 4.74 Å². The quantitative estimate of drug-likeness (QED) is 0.305. The van der Waals surface area contributed by atoms with Crippen molar-refractivity contribution in [3.05, 3.63) is 84.0 Å². The van der Waals surface area contributed by atoms with Crippen LogP contribution in [0, 0.1) is 0 Å². The van der Waals surface area contributed by atoms with Crippen molar-refractivity contribution < 1.29 is 4.74 Å². The van der Waals surface area contributed by atoms with Gasteiger partial charge in [-0.3, -0.25) is 9.55 Å². The predicted molar refractivity (Wildman–Crippen MR) is 126 cm³/mol. The lowest BCUT2D eigenvalue weighted by molar-refractivity contribution is 0.340. The van der Waals surface area contributed by atoms with E-state index < -0.39 is 0 Å². The molecule has 5 aromatic rings. The largest absolute Gasteiger partial charge is 0.494 e. The Morgan fingerprint density at radius 3 is 2.56 bits per heavy atom. The SMILES string of the molecule is CCOc1ccc(-n2c(SCc3cn4cc(Cl)ccc4n3)nnc2-c2ccncc2)cc1. The van der Waals surface area contributed by atoms with E-state index in [0.29, 0.717) is 17.4 Å². The lowest BCUT2D eigenvalue weighted by Crippen LogP contribution is -2.00. The molecule has 0 spiro atoms. The van der Waals surface area contributed by atoms with Crippen LogP contribution in [-0.2, 0) is 5.75 Å². The summed E-state index contributed by atoms with van der Waals surface area (Å²) in [6.07, 6.45) is 7.33. The number of aromatic nitrogens is 6. The van der Waals surface area contributed by atoms with Crippen LogP contribution in [0.15, 0.2) is 78.5 Å². The molecule has 0 amide bonds. The monoisotopic (exact) mass is 462 g/mol. The summed E-state index contributed by atoms with van der Waals surface area (Å²) in [5.41, 5.74) is 3.68. The first kappa shape index (κ1) is 20.5. The lowest BCUT2D eigenvalue weighted by Gasteiger charge is -2.11. The Balaban J connectivity index is 1.49. The zero-order chi connectivity index (χ0) is 21.9. The Labute approximate surface area is 194 Å². The first-order valence-corrected chi connectivity index (χ1v) is 11.4. The first-order valence-electron chi connectivity index (χ1n) is 10.1. The van der Waals surface area contributed by atoms with Crippen molar-refractivity contribution >= 4 is 29.0 Å². The fraction of sp³-hybridized carbons (Fsp3) is 0.130. The molecule has 160 valence electrons. The summed E-state index contributed by atoms with van der Waals surface area (Å²) in [7, 11) is 0. The van der Waals surface area contributed by atoms with Gasteiger partial charge in [-0.15, -0.1) is 10.2 Å². The molecule has 1 aromatic carbocycles. The van der Waals surface area contributed by atoms with E-state index in [1.165, 1.54) is 0 Å². The maximum absolute atomic E-state index is 6.09. The van der Waals surface area contributed by atoms with Gasteiger partial charge in [0.1, 0.15) is 11.4 Å². The highest BCUT2D eigenvalue weighted by molar-refractivity contribution is 7.98. The minimum atomic E-state index is 0.625. The average molecular weight is 463 g/mol. The summed E-state index contributed by atoms with van der Waals surface area (Å²) >= 11 is 7.67. The van der Waals surface area contributed by atoms with E-state index in [1.807, 2.05) is 76.8 Å². The maximum atomic E-state index is 6.09. The molecule has 0 radical (unpaired) electrons. The number of fused-ring (bicyclic) bond motifs is 1. The highest BCUT2D eigenvalue weighted by Gasteiger charge is 2.17. The Kier molecular flexibility index (Phi) is 5.79. The van der Waals surface area contributed by atoms with Crippen molar-refractivity contribution in [2.45, 2.75) is 17.8 Å². The number of nitrogens with zero attached hydrogens (tertiary/aromatic N) is 6. The molecular weight excluding hydrogens is 444 g/mol. The molecule has 5 rings (SSSR count). The number of pyridine rings is 2. The van der Waals surface area contributed by atoms with Gasteiger partial charge in [0.05, 0.1) is 17.3 Å². The van der Waals surface area contributed by atoms with Crippen molar-refractivity contribution in [3.8, 4) is 22.8 Å². The van der Waals surface area contributed by atoms with Gasteiger partial charge >= 0.3 is 0 Å². The summed E-state index contributed by atoms with van der Waals surface area (Å²) in [6.45, 7) is 2.59. The minimum absolute atomic E-state index is 0.625. The number of ether oxygens (including phenoxy) is 1. The summed E-state index contributed by atoms with van der Waals surface area (Å²) in [5.74, 6) is 2.22. The minimum Gasteiger partial charge on any atom is -0.494 e. The summed E-state index contributed by atoms with van der Waals surface area (Å²) in [4.78, 5) is 8.79. The molecule has 4 heterocycles. The van der Waals surface area contributed by atoms with Crippen molar-refractivity contribution in [1.29, 1.82) is 0 Å². The molecule has 0 saturated heterocycles. The van der Waals surface area contributed by atoms with Crippen molar-refractivity contribution in [3.63, 3.8) is 0 Å². The summed E-state index contributed by atoms with van der Waals surface area (Å²) in [5, 5.41) is 10.4. The average Bonchev–Trinajstić information content (AvgIpc) is 3.42. The van der Waals surface area contributed by atoms with Gasteiger partial charge in [0.15, 0.2) is 11.0 Å². The second-order valence-corrected chi connectivity index (χ2v) is 8.32. The smallest absolute Gasteiger partial charge is 0.196 e. The first-order chi connectivity index (χ1) is 15.7. The topological polar surface area (TPSA) is 70.1 Å². The lowest BCUT2D eigenvalue weighted by atomic mass is 10.2. The third kappa shape index (κ3) is 4.19. The van der Waals surface area contributed by atoms with Gasteiger partial charge in [-0.25, -0.2) is 4.98 Å². The standard InChI is InChI=1S/C23H19ClN6OS/c1-2-31-20-6-4-19(5-7-20)30-22(16-9-11-25-12-10-16)27-28-23(30)32-15-18-14-29-13-17(24)3-8-21(29)26-18/h3-14H,2,15H2,1H3. The van der Waals surface area contributed by atoms with E-state index in [0.717, 1.165) is 39.3 Å². The normalized spacial score (nSPS) is 11.2. The zero-order valence-electron chi connectivity index (χ0n) is 17.2. The molecule has 32 heavy (non-hydrogen) atoms. The molecule has 9 heteroatoms. The number of hydrogen-bond acceptors (Lipinski definition) is 6. The molecule has 0 unspecified atom stereocenters. The van der Waals surface area contributed by atoms with Crippen LogP contribution in [-0.4, -0.2) is 35.7 Å². The molecule has 7 nitrogen and oxygen atoms in total. The number of rotatable bonds is 7. The molecule has 0 bridgehead atoms. The van der Waals surface area contributed by atoms with Gasteiger partial charge in [0.25, 0.3) is 0 Å². The van der Waals surface area contributed by atoms with Crippen LogP contribution in [0.1, 0.15) is 12.6 Å². The number of benzene rings is 1. The molecule has 0 fully saturated rings. The maximum Gasteiger partial charge on any atom is 0.196 e. The third-order valence-electron chi connectivity index (χ3n) is 4.79. The Morgan fingerprint density at radius 2 is 1.78 bits per heavy atom.